The quantitative estimate of drug-likeness (QED) is 0.885. The van der Waals surface area contributed by atoms with E-state index in [1.165, 1.54) is 0 Å². The first-order valence-electron chi connectivity index (χ1n) is 7.17. The number of likely N-dealkylation sites (N-methyl/N-ethyl adjacent to an activating group) is 1. The summed E-state index contributed by atoms with van der Waals surface area (Å²) in [4.78, 5) is 15.9. The van der Waals surface area contributed by atoms with Crippen LogP contribution in [0, 0.1) is 0 Å². The van der Waals surface area contributed by atoms with E-state index in [1.807, 2.05) is 19.0 Å². The van der Waals surface area contributed by atoms with Gasteiger partial charge in [0.25, 0.3) is 0 Å². The summed E-state index contributed by atoms with van der Waals surface area (Å²) in [6.07, 6.45) is 1.11. The van der Waals surface area contributed by atoms with E-state index in [2.05, 4.69) is 5.32 Å². The van der Waals surface area contributed by atoms with Crippen LogP contribution in [-0.2, 0) is 0 Å². The number of halogens is 2. The molecule has 1 fully saturated rings. The fourth-order valence-electron chi connectivity index (χ4n) is 2.66. The molecular weight excluding hydrogens is 325 g/mol. The van der Waals surface area contributed by atoms with Crippen LogP contribution in [0.4, 0.5) is 10.5 Å². The van der Waals surface area contributed by atoms with E-state index in [0.29, 0.717) is 48.2 Å². The van der Waals surface area contributed by atoms with E-state index in [9.17, 15) is 9.90 Å². The van der Waals surface area contributed by atoms with Gasteiger partial charge in [0.1, 0.15) is 0 Å². The van der Waals surface area contributed by atoms with Gasteiger partial charge in [-0.2, -0.15) is 0 Å². The molecule has 7 heteroatoms. The molecular formula is C15H21Cl2N3O2. The third-order valence-corrected chi connectivity index (χ3v) is 4.33. The number of likely N-dealkylation sites (tertiary alicyclic amines) is 1. The Morgan fingerprint density at radius 1 is 1.36 bits per heavy atom. The molecule has 0 aliphatic carbocycles. The number of carbonyl (C=O) groups excluding carboxylic acids is 1. The molecule has 0 bridgehead atoms. The molecule has 2 amide bonds. The minimum Gasteiger partial charge on any atom is -0.388 e. The maximum Gasteiger partial charge on any atom is 0.321 e. The van der Waals surface area contributed by atoms with Crippen LogP contribution >= 0.6 is 23.2 Å². The lowest BCUT2D eigenvalue weighted by Crippen LogP contribution is -2.51. The second-order valence-electron chi connectivity index (χ2n) is 6.00. The Kier molecular flexibility index (Phi) is 5.55. The number of anilines is 1. The van der Waals surface area contributed by atoms with Crippen molar-refractivity contribution in [1.82, 2.24) is 9.80 Å². The second kappa shape index (κ2) is 7.04. The SMILES string of the molecule is CN(C)CC1(O)CCN(C(=O)Nc2cc(Cl)ccc2Cl)CC1. The lowest BCUT2D eigenvalue weighted by atomic mass is 9.91. The molecule has 1 heterocycles. The second-order valence-corrected chi connectivity index (χ2v) is 6.85. The largest absolute Gasteiger partial charge is 0.388 e. The van der Waals surface area contributed by atoms with Crippen LogP contribution in [-0.4, -0.2) is 60.3 Å². The van der Waals surface area contributed by atoms with Gasteiger partial charge in [-0.05, 0) is 45.1 Å². The summed E-state index contributed by atoms with van der Waals surface area (Å²) < 4.78 is 0. The lowest BCUT2D eigenvalue weighted by Gasteiger charge is -2.39. The summed E-state index contributed by atoms with van der Waals surface area (Å²) in [5, 5.41) is 14.2. The summed E-state index contributed by atoms with van der Waals surface area (Å²) in [6.45, 7) is 1.62. The van der Waals surface area contributed by atoms with Crippen molar-refractivity contribution in [2.45, 2.75) is 18.4 Å². The van der Waals surface area contributed by atoms with Crippen molar-refractivity contribution < 1.29 is 9.90 Å². The molecule has 0 aromatic heterocycles. The number of aliphatic hydroxyl groups is 1. The number of nitrogens with zero attached hydrogens (tertiary/aromatic N) is 2. The Hall–Kier alpha value is -1.01. The predicted molar refractivity (Wildman–Crippen MR) is 89.8 cm³/mol. The van der Waals surface area contributed by atoms with Gasteiger partial charge in [0.2, 0.25) is 0 Å². The molecule has 122 valence electrons. The lowest BCUT2D eigenvalue weighted by molar-refractivity contribution is -0.0284. The minimum atomic E-state index is -0.728. The van der Waals surface area contributed by atoms with Crippen molar-refractivity contribution >= 4 is 34.9 Å². The highest BCUT2D eigenvalue weighted by Crippen LogP contribution is 2.27. The Balaban J connectivity index is 1.94. The molecule has 2 rings (SSSR count). The fourth-order valence-corrected chi connectivity index (χ4v) is 3.00. The zero-order chi connectivity index (χ0) is 16.3. The van der Waals surface area contributed by atoms with E-state index in [4.69, 9.17) is 23.2 Å². The summed E-state index contributed by atoms with van der Waals surface area (Å²) in [5.41, 5.74) is -0.234. The molecule has 0 radical (unpaired) electrons. The maximum absolute atomic E-state index is 12.3. The average molecular weight is 346 g/mol. The van der Waals surface area contributed by atoms with Gasteiger partial charge in [0, 0.05) is 24.7 Å². The molecule has 0 atom stereocenters. The van der Waals surface area contributed by atoms with Crippen molar-refractivity contribution in [3.8, 4) is 0 Å². The predicted octanol–water partition coefficient (Wildman–Crippen LogP) is 2.91. The molecule has 1 aliphatic heterocycles. The van der Waals surface area contributed by atoms with Gasteiger partial charge >= 0.3 is 6.03 Å². The number of amides is 2. The standard InChI is InChI=1S/C15H21Cl2N3O2/c1-19(2)10-15(22)5-7-20(8-6-15)14(21)18-13-9-11(16)3-4-12(13)17/h3-4,9,22H,5-8,10H2,1-2H3,(H,18,21). The molecule has 0 saturated carbocycles. The van der Waals surface area contributed by atoms with Crippen LogP contribution in [0.15, 0.2) is 18.2 Å². The van der Waals surface area contributed by atoms with Gasteiger partial charge in [-0.3, -0.25) is 0 Å². The Bertz CT molecular complexity index is 544. The van der Waals surface area contributed by atoms with Crippen LogP contribution in [0.25, 0.3) is 0 Å². The van der Waals surface area contributed by atoms with Crippen LogP contribution in [0.5, 0.6) is 0 Å². The number of benzene rings is 1. The number of piperidine rings is 1. The van der Waals surface area contributed by atoms with Crippen molar-refractivity contribution in [2.24, 2.45) is 0 Å². The molecule has 1 saturated heterocycles. The average Bonchev–Trinajstić information content (AvgIpc) is 2.42. The zero-order valence-electron chi connectivity index (χ0n) is 12.8. The summed E-state index contributed by atoms with van der Waals surface area (Å²) >= 11 is 12.0. The monoisotopic (exact) mass is 345 g/mol. The van der Waals surface area contributed by atoms with Crippen molar-refractivity contribution in [2.75, 3.05) is 39.0 Å². The van der Waals surface area contributed by atoms with E-state index in [-0.39, 0.29) is 6.03 Å². The Morgan fingerprint density at radius 3 is 2.59 bits per heavy atom. The topological polar surface area (TPSA) is 55.8 Å². The third kappa shape index (κ3) is 4.49. The van der Waals surface area contributed by atoms with Gasteiger partial charge in [-0.1, -0.05) is 23.2 Å². The van der Waals surface area contributed by atoms with E-state index in [0.717, 1.165) is 0 Å². The molecule has 0 spiro atoms. The molecule has 5 nitrogen and oxygen atoms in total. The zero-order valence-corrected chi connectivity index (χ0v) is 14.3. The number of hydrogen-bond acceptors (Lipinski definition) is 3. The van der Waals surface area contributed by atoms with Crippen molar-refractivity contribution in [3.05, 3.63) is 28.2 Å². The first kappa shape index (κ1) is 17.3. The first-order valence-corrected chi connectivity index (χ1v) is 7.93. The van der Waals surface area contributed by atoms with Gasteiger partial charge < -0.3 is 20.2 Å². The molecule has 1 aromatic carbocycles. The van der Waals surface area contributed by atoms with Gasteiger partial charge in [0.05, 0.1) is 16.3 Å². The van der Waals surface area contributed by atoms with Crippen molar-refractivity contribution in [1.29, 1.82) is 0 Å². The third-order valence-electron chi connectivity index (χ3n) is 3.76. The normalized spacial score (nSPS) is 17.6. The van der Waals surface area contributed by atoms with Crippen LogP contribution < -0.4 is 5.32 Å². The smallest absolute Gasteiger partial charge is 0.321 e. The molecule has 0 unspecified atom stereocenters. The highest BCUT2D eigenvalue weighted by Gasteiger charge is 2.34. The Morgan fingerprint density at radius 2 is 2.00 bits per heavy atom. The van der Waals surface area contributed by atoms with Gasteiger partial charge in [-0.15, -0.1) is 0 Å². The summed E-state index contributed by atoms with van der Waals surface area (Å²) in [6, 6.07) is 4.71. The van der Waals surface area contributed by atoms with Gasteiger partial charge in [-0.25, -0.2) is 4.79 Å². The van der Waals surface area contributed by atoms with Gasteiger partial charge in [0.15, 0.2) is 0 Å². The maximum atomic E-state index is 12.3. The molecule has 1 aliphatic rings. The van der Waals surface area contributed by atoms with Crippen LogP contribution in [0.3, 0.4) is 0 Å². The number of rotatable bonds is 3. The number of carbonyl (C=O) groups is 1. The highest BCUT2D eigenvalue weighted by molar-refractivity contribution is 6.35. The fraction of sp³-hybridized carbons (Fsp3) is 0.533. The highest BCUT2D eigenvalue weighted by atomic mass is 35.5. The van der Waals surface area contributed by atoms with Crippen molar-refractivity contribution in [3.63, 3.8) is 0 Å². The minimum absolute atomic E-state index is 0.226. The van der Waals surface area contributed by atoms with Crippen LogP contribution in [0.1, 0.15) is 12.8 Å². The van der Waals surface area contributed by atoms with E-state index in [1.54, 1.807) is 23.1 Å². The van der Waals surface area contributed by atoms with E-state index < -0.39 is 5.60 Å². The van der Waals surface area contributed by atoms with E-state index >= 15 is 0 Å². The summed E-state index contributed by atoms with van der Waals surface area (Å²) in [7, 11) is 3.86. The number of nitrogens with one attached hydrogen (secondary N) is 1. The first-order chi connectivity index (χ1) is 10.3. The molecule has 22 heavy (non-hydrogen) atoms. The number of hydrogen-bond donors (Lipinski definition) is 2. The summed E-state index contributed by atoms with van der Waals surface area (Å²) in [5.74, 6) is 0. The Labute approximate surface area is 140 Å². The molecule has 1 aromatic rings. The number of urea groups is 1. The van der Waals surface area contributed by atoms with Crippen LogP contribution in [0.2, 0.25) is 10.0 Å². The molecule has 2 N–H and O–H groups in total.